The number of morpholine rings is 1. The van der Waals surface area contributed by atoms with Crippen molar-refractivity contribution in [1.82, 2.24) is 4.98 Å². The van der Waals surface area contributed by atoms with Crippen LogP contribution in [0.2, 0.25) is 0 Å². The third-order valence-electron chi connectivity index (χ3n) is 4.04. The number of nitro benzene ring substituents is 1. The van der Waals surface area contributed by atoms with Crippen LogP contribution in [0.25, 0.3) is 12.2 Å². The van der Waals surface area contributed by atoms with E-state index in [1.807, 2.05) is 0 Å². The van der Waals surface area contributed by atoms with Crippen molar-refractivity contribution >= 4 is 29.5 Å². The molecule has 0 radical (unpaired) electrons. The van der Waals surface area contributed by atoms with Gasteiger partial charge in [0.1, 0.15) is 0 Å². The van der Waals surface area contributed by atoms with Crippen molar-refractivity contribution in [3.8, 4) is 0 Å². The Kier molecular flexibility index (Phi) is 5.23. The van der Waals surface area contributed by atoms with E-state index in [1.54, 1.807) is 24.3 Å². The first-order valence-corrected chi connectivity index (χ1v) is 8.03. The maximum absolute atomic E-state index is 11.1. The fourth-order valence-electron chi connectivity index (χ4n) is 2.69. The number of pyridine rings is 1. The van der Waals surface area contributed by atoms with Crippen molar-refractivity contribution in [2.24, 2.45) is 0 Å². The van der Waals surface area contributed by atoms with Crippen LogP contribution in [0.4, 0.5) is 11.4 Å². The normalized spacial score (nSPS) is 14.5. The highest BCUT2D eigenvalue weighted by atomic mass is 16.6. The Morgan fingerprint density at radius 3 is 2.62 bits per heavy atom. The zero-order chi connectivity index (χ0) is 18.5. The van der Waals surface area contributed by atoms with Gasteiger partial charge >= 0.3 is 5.97 Å². The summed E-state index contributed by atoms with van der Waals surface area (Å²) in [5, 5.41) is 20.0. The number of nitrogens with zero attached hydrogens (tertiary/aromatic N) is 3. The topological polar surface area (TPSA) is 106 Å². The number of ether oxygens (including phenoxy) is 1. The minimum Gasteiger partial charge on any atom is -0.478 e. The number of carboxylic acid groups (broad SMARTS) is 1. The molecule has 26 heavy (non-hydrogen) atoms. The Morgan fingerprint density at radius 1 is 1.23 bits per heavy atom. The Balaban J connectivity index is 1.91. The molecule has 0 unspecified atom stereocenters. The fraction of sp³-hybridized carbons (Fsp3) is 0.222. The number of rotatable bonds is 5. The van der Waals surface area contributed by atoms with Gasteiger partial charge in [-0.25, -0.2) is 4.79 Å². The number of nitro groups is 1. The van der Waals surface area contributed by atoms with E-state index in [4.69, 9.17) is 9.84 Å². The number of benzene rings is 1. The highest BCUT2D eigenvalue weighted by molar-refractivity contribution is 5.87. The van der Waals surface area contributed by atoms with E-state index in [0.29, 0.717) is 37.6 Å². The zero-order valence-electron chi connectivity index (χ0n) is 13.9. The largest absolute Gasteiger partial charge is 0.478 e. The van der Waals surface area contributed by atoms with Crippen LogP contribution >= 0.6 is 0 Å². The van der Waals surface area contributed by atoms with Gasteiger partial charge in [-0.2, -0.15) is 0 Å². The molecule has 8 nitrogen and oxygen atoms in total. The highest BCUT2D eigenvalue weighted by Gasteiger charge is 2.16. The van der Waals surface area contributed by atoms with Crippen molar-refractivity contribution in [2.45, 2.75) is 0 Å². The number of non-ortho nitro benzene ring substituents is 1. The molecule has 8 heteroatoms. The second kappa shape index (κ2) is 7.75. The molecule has 3 rings (SSSR count). The lowest BCUT2D eigenvalue weighted by Crippen LogP contribution is -2.36. The molecule has 1 N–H and O–H groups in total. The Morgan fingerprint density at radius 2 is 2.00 bits per heavy atom. The number of carbonyl (C=O) groups is 1. The van der Waals surface area contributed by atoms with Crippen LogP contribution in [0.15, 0.2) is 36.5 Å². The van der Waals surface area contributed by atoms with E-state index in [-0.39, 0.29) is 11.3 Å². The Bertz CT molecular complexity index is 842. The van der Waals surface area contributed by atoms with E-state index in [2.05, 4.69) is 9.88 Å². The molecule has 0 saturated carbocycles. The van der Waals surface area contributed by atoms with Gasteiger partial charge < -0.3 is 14.7 Å². The molecule has 1 aromatic carbocycles. The molecule has 1 aliphatic rings. The average Bonchev–Trinajstić information content (AvgIpc) is 2.67. The first kappa shape index (κ1) is 17.6. The molecule has 0 bridgehead atoms. The third kappa shape index (κ3) is 4.04. The first-order valence-electron chi connectivity index (χ1n) is 8.03. The summed E-state index contributed by atoms with van der Waals surface area (Å²) >= 11 is 0. The third-order valence-corrected chi connectivity index (χ3v) is 4.04. The molecule has 0 amide bonds. The number of hydrogen-bond acceptors (Lipinski definition) is 6. The van der Waals surface area contributed by atoms with Crippen LogP contribution in [-0.4, -0.2) is 47.3 Å². The SMILES string of the molecule is O=C(O)c1ccc(/C=C/c2cc([N+](=O)[O-])ccc2N2CCOCC2)nc1. The summed E-state index contributed by atoms with van der Waals surface area (Å²) in [5.41, 5.74) is 2.26. The lowest BCUT2D eigenvalue weighted by atomic mass is 10.1. The van der Waals surface area contributed by atoms with Crippen molar-refractivity contribution in [1.29, 1.82) is 0 Å². The van der Waals surface area contributed by atoms with E-state index >= 15 is 0 Å². The molecule has 1 aliphatic heterocycles. The molecule has 2 heterocycles. The van der Waals surface area contributed by atoms with Gasteiger partial charge in [0, 0.05) is 42.7 Å². The quantitative estimate of drug-likeness (QED) is 0.649. The smallest absolute Gasteiger partial charge is 0.337 e. The van der Waals surface area contributed by atoms with Crippen LogP contribution in [0.1, 0.15) is 21.6 Å². The number of hydrogen-bond donors (Lipinski definition) is 1. The molecule has 0 atom stereocenters. The maximum Gasteiger partial charge on any atom is 0.337 e. The van der Waals surface area contributed by atoms with Crippen LogP contribution in [0.5, 0.6) is 0 Å². The number of carboxylic acids is 1. The Hall–Kier alpha value is -3.26. The standard InChI is InChI=1S/C18H17N3O5/c22-18(23)14-2-4-15(19-12-14)3-1-13-11-16(21(24)25)5-6-17(13)20-7-9-26-10-8-20/h1-6,11-12H,7-10H2,(H,22,23)/b3-1+. The zero-order valence-corrected chi connectivity index (χ0v) is 13.9. The summed E-state index contributed by atoms with van der Waals surface area (Å²) in [4.78, 5) is 27.7. The van der Waals surface area contributed by atoms with E-state index in [9.17, 15) is 14.9 Å². The molecule has 134 valence electrons. The lowest BCUT2D eigenvalue weighted by molar-refractivity contribution is -0.384. The van der Waals surface area contributed by atoms with Gasteiger partial charge in [-0.05, 0) is 24.3 Å². The number of anilines is 1. The number of aromatic carboxylic acids is 1. The predicted molar refractivity (Wildman–Crippen MR) is 96.3 cm³/mol. The van der Waals surface area contributed by atoms with Crippen LogP contribution < -0.4 is 4.90 Å². The van der Waals surface area contributed by atoms with Crippen LogP contribution in [0, 0.1) is 10.1 Å². The molecule has 2 aromatic rings. The van der Waals surface area contributed by atoms with Crippen molar-refractivity contribution in [3.63, 3.8) is 0 Å². The molecular formula is C18H17N3O5. The molecule has 1 fully saturated rings. The van der Waals surface area contributed by atoms with Crippen molar-refractivity contribution in [3.05, 3.63) is 63.5 Å². The number of aromatic nitrogens is 1. The maximum atomic E-state index is 11.1. The van der Waals surface area contributed by atoms with Crippen molar-refractivity contribution in [2.75, 3.05) is 31.2 Å². The minimum absolute atomic E-state index is 0.0100. The minimum atomic E-state index is -1.04. The lowest BCUT2D eigenvalue weighted by Gasteiger charge is -2.30. The van der Waals surface area contributed by atoms with Gasteiger partial charge in [-0.3, -0.25) is 15.1 Å². The summed E-state index contributed by atoms with van der Waals surface area (Å²) < 4.78 is 5.36. The summed E-state index contributed by atoms with van der Waals surface area (Å²) in [6, 6.07) is 7.80. The monoisotopic (exact) mass is 355 g/mol. The predicted octanol–water partition coefficient (Wildman–Crippen LogP) is 2.70. The van der Waals surface area contributed by atoms with Gasteiger partial charge in [0.15, 0.2) is 0 Å². The van der Waals surface area contributed by atoms with Gasteiger partial charge in [0.25, 0.3) is 5.69 Å². The van der Waals surface area contributed by atoms with Gasteiger partial charge in [0.2, 0.25) is 0 Å². The van der Waals surface area contributed by atoms with Crippen molar-refractivity contribution < 1.29 is 19.6 Å². The molecule has 1 aromatic heterocycles. The van der Waals surface area contributed by atoms with Crippen LogP contribution in [-0.2, 0) is 4.74 Å². The summed E-state index contributed by atoms with van der Waals surface area (Å²) in [6.07, 6.45) is 4.73. The summed E-state index contributed by atoms with van der Waals surface area (Å²) in [6.45, 7) is 2.64. The van der Waals surface area contributed by atoms with E-state index < -0.39 is 10.9 Å². The Labute approximate surface area is 149 Å². The van der Waals surface area contributed by atoms with Gasteiger partial charge in [-0.15, -0.1) is 0 Å². The molecule has 1 saturated heterocycles. The van der Waals surface area contributed by atoms with Gasteiger partial charge in [0.05, 0.1) is 29.4 Å². The summed E-state index contributed by atoms with van der Waals surface area (Å²) in [7, 11) is 0. The van der Waals surface area contributed by atoms with Gasteiger partial charge in [-0.1, -0.05) is 6.08 Å². The van der Waals surface area contributed by atoms with E-state index in [0.717, 1.165) is 5.69 Å². The van der Waals surface area contributed by atoms with Crippen LogP contribution in [0.3, 0.4) is 0 Å². The molecule has 0 spiro atoms. The fourth-order valence-corrected chi connectivity index (χ4v) is 2.69. The highest BCUT2D eigenvalue weighted by Crippen LogP contribution is 2.28. The summed E-state index contributed by atoms with van der Waals surface area (Å²) in [5.74, 6) is -1.04. The second-order valence-corrected chi connectivity index (χ2v) is 5.71. The molecule has 0 aliphatic carbocycles. The van der Waals surface area contributed by atoms with E-state index in [1.165, 1.54) is 24.4 Å². The first-order chi connectivity index (χ1) is 12.5. The second-order valence-electron chi connectivity index (χ2n) is 5.71. The average molecular weight is 355 g/mol. The molecular weight excluding hydrogens is 338 g/mol.